The maximum Gasteiger partial charge on any atom is 0.138 e. The Labute approximate surface area is 80.4 Å². The van der Waals surface area contributed by atoms with E-state index in [0.717, 1.165) is 22.4 Å². The zero-order chi connectivity index (χ0) is 9.26. The Bertz CT molecular complexity index is 403. The Kier molecular flexibility index (Phi) is 2.00. The molecule has 0 bridgehead atoms. The largest absolute Gasteiger partial charge is 0.363 e. The SMILES string of the molecule is N#CSc1c(C#N)c[nH]c1C1CC1. The maximum absolute atomic E-state index is 8.77. The molecule has 0 saturated heterocycles. The van der Waals surface area contributed by atoms with Gasteiger partial charge in [0.15, 0.2) is 0 Å². The average Bonchev–Trinajstić information content (AvgIpc) is 2.90. The van der Waals surface area contributed by atoms with Gasteiger partial charge in [-0.25, -0.2) is 0 Å². The Hall–Kier alpha value is -1.39. The highest BCUT2D eigenvalue weighted by Crippen LogP contribution is 2.44. The molecule has 0 aliphatic heterocycles. The van der Waals surface area contributed by atoms with Crippen LogP contribution < -0.4 is 0 Å². The van der Waals surface area contributed by atoms with Crippen molar-refractivity contribution >= 4 is 11.8 Å². The molecule has 1 fully saturated rings. The van der Waals surface area contributed by atoms with Gasteiger partial charge in [0.2, 0.25) is 0 Å². The Morgan fingerprint density at radius 2 is 2.23 bits per heavy atom. The first-order chi connectivity index (χ1) is 6.36. The Balaban J connectivity index is 2.40. The molecule has 1 saturated carbocycles. The van der Waals surface area contributed by atoms with Crippen LogP contribution in [0.2, 0.25) is 0 Å². The fourth-order valence-corrected chi connectivity index (χ4v) is 1.98. The van der Waals surface area contributed by atoms with Crippen molar-refractivity contribution in [2.75, 3.05) is 0 Å². The van der Waals surface area contributed by atoms with Gasteiger partial charge in [-0.1, -0.05) is 0 Å². The third-order valence-electron chi connectivity index (χ3n) is 2.12. The number of thiocyanates is 1. The number of H-pyrrole nitrogens is 1. The molecule has 13 heavy (non-hydrogen) atoms. The molecular weight excluding hydrogens is 182 g/mol. The smallest absolute Gasteiger partial charge is 0.138 e. The van der Waals surface area contributed by atoms with Gasteiger partial charge in [-0.3, -0.25) is 0 Å². The van der Waals surface area contributed by atoms with Gasteiger partial charge >= 0.3 is 0 Å². The van der Waals surface area contributed by atoms with Gasteiger partial charge in [-0.15, -0.1) is 0 Å². The van der Waals surface area contributed by atoms with Crippen molar-refractivity contribution in [3.05, 3.63) is 17.5 Å². The summed E-state index contributed by atoms with van der Waals surface area (Å²) in [5, 5.41) is 19.4. The number of aromatic amines is 1. The van der Waals surface area contributed by atoms with Crippen LogP contribution in [-0.2, 0) is 0 Å². The summed E-state index contributed by atoms with van der Waals surface area (Å²) in [5.74, 6) is 0.554. The summed E-state index contributed by atoms with van der Waals surface area (Å²) in [7, 11) is 0. The van der Waals surface area contributed by atoms with Crippen LogP contribution in [0.3, 0.4) is 0 Å². The Morgan fingerprint density at radius 3 is 2.77 bits per heavy atom. The first-order valence-electron chi connectivity index (χ1n) is 4.04. The topological polar surface area (TPSA) is 63.4 Å². The number of nitrogens with one attached hydrogen (secondary N) is 1. The summed E-state index contributed by atoms with van der Waals surface area (Å²) in [6, 6.07) is 2.08. The van der Waals surface area contributed by atoms with Crippen LogP contribution >= 0.6 is 11.8 Å². The van der Waals surface area contributed by atoms with E-state index in [-0.39, 0.29) is 0 Å². The molecule has 0 spiro atoms. The van der Waals surface area contributed by atoms with Crippen molar-refractivity contribution in [2.24, 2.45) is 0 Å². The molecule has 0 aromatic carbocycles. The Morgan fingerprint density at radius 1 is 1.46 bits per heavy atom. The minimum Gasteiger partial charge on any atom is -0.363 e. The summed E-state index contributed by atoms with van der Waals surface area (Å²) in [6.07, 6.45) is 4.03. The lowest BCUT2D eigenvalue weighted by molar-refractivity contribution is 1.01. The van der Waals surface area contributed by atoms with Gasteiger partial charge in [-0.05, 0) is 24.6 Å². The second-order valence-corrected chi connectivity index (χ2v) is 3.82. The number of hydrogen-bond acceptors (Lipinski definition) is 3. The summed E-state index contributed by atoms with van der Waals surface area (Å²) in [5.41, 5.74) is 1.66. The molecule has 1 aliphatic carbocycles. The summed E-state index contributed by atoms with van der Waals surface area (Å²) in [4.78, 5) is 3.90. The average molecular weight is 189 g/mol. The molecule has 4 heteroatoms. The van der Waals surface area contributed by atoms with Crippen molar-refractivity contribution in [2.45, 2.75) is 23.7 Å². The molecule has 0 unspecified atom stereocenters. The number of thioether (sulfide) groups is 1. The van der Waals surface area contributed by atoms with E-state index < -0.39 is 0 Å². The van der Waals surface area contributed by atoms with E-state index in [9.17, 15) is 0 Å². The standard InChI is InChI=1S/C9H7N3S/c10-3-7-4-12-8(6-1-2-6)9(7)13-5-11/h4,6,12H,1-2H2. The summed E-state index contributed by atoms with van der Waals surface area (Å²) in [6.45, 7) is 0. The lowest BCUT2D eigenvalue weighted by Gasteiger charge is -1.95. The van der Waals surface area contributed by atoms with Crippen LogP contribution in [0.15, 0.2) is 11.1 Å². The monoisotopic (exact) mass is 189 g/mol. The van der Waals surface area contributed by atoms with Crippen LogP contribution in [0, 0.1) is 22.0 Å². The second kappa shape index (κ2) is 3.16. The van der Waals surface area contributed by atoms with E-state index >= 15 is 0 Å². The highest BCUT2D eigenvalue weighted by molar-refractivity contribution is 8.03. The minimum absolute atomic E-state index is 0.554. The predicted molar refractivity (Wildman–Crippen MR) is 49.0 cm³/mol. The molecular formula is C9H7N3S. The van der Waals surface area contributed by atoms with Crippen molar-refractivity contribution in [1.29, 1.82) is 10.5 Å². The first kappa shape index (κ1) is 8.22. The lowest BCUT2D eigenvalue weighted by Crippen LogP contribution is -1.81. The van der Waals surface area contributed by atoms with E-state index in [1.807, 2.05) is 5.40 Å². The molecule has 0 radical (unpaired) electrons. The van der Waals surface area contributed by atoms with Crippen molar-refractivity contribution in [3.63, 3.8) is 0 Å². The number of nitrogens with zero attached hydrogens (tertiary/aromatic N) is 2. The van der Waals surface area contributed by atoms with E-state index in [0.29, 0.717) is 11.5 Å². The summed E-state index contributed by atoms with van der Waals surface area (Å²) < 4.78 is 0. The number of nitriles is 2. The second-order valence-electron chi connectivity index (χ2n) is 3.02. The zero-order valence-corrected chi connectivity index (χ0v) is 7.69. The quantitative estimate of drug-likeness (QED) is 0.573. The van der Waals surface area contributed by atoms with Gasteiger partial charge in [-0.2, -0.15) is 10.5 Å². The number of aromatic nitrogens is 1. The van der Waals surface area contributed by atoms with Gasteiger partial charge in [0.25, 0.3) is 0 Å². The maximum atomic E-state index is 8.77. The lowest BCUT2D eigenvalue weighted by atomic mass is 10.2. The fourth-order valence-electron chi connectivity index (χ4n) is 1.34. The van der Waals surface area contributed by atoms with E-state index in [1.165, 1.54) is 12.8 Å². The van der Waals surface area contributed by atoms with E-state index in [1.54, 1.807) is 6.20 Å². The number of hydrogen-bond donors (Lipinski definition) is 1. The van der Waals surface area contributed by atoms with Gasteiger partial charge in [0, 0.05) is 17.8 Å². The fraction of sp³-hybridized carbons (Fsp3) is 0.333. The molecule has 0 amide bonds. The van der Waals surface area contributed by atoms with Crippen molar-refractivity contribution in [3.8, 4) is 11.5 Å². The molecule has 1 N–H and O–H groups in total. The van der Waals surface area contributed by atoms with E-state index in [2.05, 4.69) is 11.1 Å². The third-order valence-corrected chi connectivity index (χ3v) is 2.85. The van der Waals surface area contributed by atoms with Crippen LogP contribution in [0.1, 0.15) is 30.0 Å². The molecule has 2 rings (SSSR count). The highest BCUT2D eigenvalue weighted by atomic mass is 32.2. The van der Waals surface area contributed by atoms with Crippen molar-refractivity contribution in [1.82, 2.24) is 4.98 Å². The van der Waals surface area contributed by atoms with E-state index in [4.69, 9.17) is 10.5 Å². The molecule has 0 atom stereocenters. The van der Waals surface area contributed by atoms with Crippen LogP contribution in [0.4, 0.5) is 0 Å². The predicted octanol–water partition coefficient (Wildman–Crippen LogP) is 2.34. The number of rotatable bonds is 2. The third kappa shape index (κ3) is 1.41. The summed E-state index contributed by atoms with van der Waals surface area (Å²) >= 11 is 1.08. The van der Waals surface area contributed by atoms with Gasteiger partial charge < -0.3 is 4.98 Å². The molecule has 1 aliphatic rings. The first-order valence-corrected chi connectivity index (χ1v) is 4.85. The molecule has 64 valence electrons. The molecule has 1 heterocycles. The van der Waals surface area contributed by atoms with Crippen LogP contribution in [-0.4, -0.2) is 4.98 Å². The molecule has 1 aromatic rings. The van der Waals surface area contributed by atoms with Gasteiger partial charge in [0.05, 0.1) is 10.5 Å². The zero-order valence-electron chi connectivity index (χ0n) is 6.87. The molecule has 1 aromatic heterocycles. The minimum atomic E-state index is 0.554. The van der Waals surface area contributed by atoms with Crippen molar-refractivity contribution < 1.29 is 0 Å². The van der Waals surface area contributed by atoms with Gasteiger partial charge in [0.1, 0.15) is 11.5 Å². The highest BCUT2D eigenvalue weighted by Gasteiger charge is 2.29. The molecule has 3 nitrogen and oxygen atoms in total. The normalized spacial score (nSPS) is 14.9. The van der Waals surface area contributed by atoms with Crippen LogP contribution in [0.5, 0.6) is 0 Å². The van der Waals surface area contributed by atoms with Crippen LogP contribution in [0.25, 0.3) is 0 Å².